The number of benzene rings is 1. The Bertz CT molecular complexity index is 661. The molecule has 1 N–H and O–H groups in total. The second kappa shape index (κ2) is 6.03. The normalized spacial score (nSPS) is 10.7. The maximum atomic E-state index is 13.8. The topological polar surface area (TPSA) is 55.1 Å². The summed E-state index contributed by atoms with van der Waals surface area (Å²) in [5, 5.41) is 6.26. The molecule has 1 aromatic heterocycles. The molecule has 0 aliphatic carbocycles. The van der Waals surface area contributed by atoms with Crippen molar-refractivity contribution in [2.75, 3.05) is 0 Å². The van der Waals surface area contributed by atoms with Gasteiger partial charge in [0.2, 0.25) is 5.91 Å². The molecule has 6 heteroatoms. The van der Waals surface area contributed by atoms with Crippen molar-refractivity contribution in [2.24, 2.45) is 0 Å². The molecule has 0 saturated heterocycles. The molecule has 0 spiro atoms. The summed E-state index contributed by atoms with van der Waals surface area (Å²) in [5.74, 6) is -1.08. The van der Waals surface area contributed by atoms with Crippen LogP contribution in [0.3, 0.4) is 0 Å². The van der Waals surface area contributed by atoms with Crippen LogP contribution in [0.4, 0.5) is 8.78 Å². The Morgan fingerprint density at radius 1 is 1.24 bits per heavy atom. The van der Waals surface area contributed by atoms with Gasteiger partial charge >= 0.3 is 0 Å². The zero-order chi connectivity index (χ0) is 15.6. The van der Waals surface area contributed by atoms with E-state index in [2.05, 4.69) is 10.5 Å². The molecule has 0 atom stereocenters. The number of aryl methyl sites for hydroxylation is 3. The smallest absolute Gasteiger partial charge is 0.224 e. The number of nitrogens with zero attached hydrogens (tertiary/aromatic N) is 1. The predicted octanol–water partition coefficient (Wildman–Crippen LogP) is 2.74. The number of aromatic nitrogens is 1. The van der Waals surface area contributed by atoms with Gasteiger partial charge in [-0.2, -0.15) is 0 Å². The van der Waals surface area contributed by atoms with Crippen molar-refractivity contribution in [3.05, 3.63) is 51.9 Å². The number of hydrogen-bond acceptors (Lipinski definition) is 3. The Balaban J connectivity index is 2.04. The van der Waals surface area contributed by atoms with E-state index in [9.17, 15) is 13.6 Å². The van der Waals surface area contributed by atoms with E-state index in [4.69, 9.17) is 4.52 Å². The lowest BCUT2D eigenvalue weighted by Crippen LogP contribution is -2.26. The molecule has 1 aromatic carbocycles. The van der Waals surface area contributed by atoms with Gasteiger partial charge in [0.25, 0.3) is 0 Å². The predicted molar refractivity (Wildman–Crippen MR) is 72.6 cm³/mol. The fourth-order valence-electron chi connectivity index (χ4n) is 2.04. The molecule has 0 aliphatic heterocycles. The third kappa shape index (κ3) is 3.26. The Morgan fingerprint density at radius 2 is 1.95 bits per heavy atom. The molecular formula is C15H16F2N2O2. The Labute approximate surface area is 121 Å². The summed E-state index contributed by atoms with van der Waals surface area (Å²) in [6.07, 6.45) is 0.0657. The van der Waals surface area contributed by atoms with E-state index in [0.717, 1.165) is 0 Å². The lowest BCUT2D eigenvalue weighted by molar-refractivity contribution is -0.120. The van der Waals surface area contributed by atoms with E-state index in [1.54, 1.807) is 20.8 Å². The van der Waals surface area contributed by atoms with Gasteiger partial charge in [-0.25, -0.2) is 8.78 Å². The van der Waals surface area contributed by atoms with E-state index in [0.29, 0.717) is 22.6 Å². The first-order valence-corrected chi connectivity index (χ1v) is 6.52. The van der Waals surface area contributed by atoms with Crippen molar-refractivity contribution in [3.63, 3.8) is 0 Å². The van der Waals surface area contributed by atoms with Crippen LogP contribution in [0.25, 0.3) is 0 Å². The van der Waals surface area contributed by atoms with Gasteiger partial charge < -0.3 is 9.84 Å². The van der Waals surface area contributed by atoms with Crippen LogP contribution >= 0.6 is 0 Å². The summed E-state index contributed by atoms with van der Waals surface area (Å²) in [5.41, 5.74) is 1.53. The highest BCUT2D eigenvalue weighted by molar-refractivity contribution is 5.79. The zero-order valence-electron chi connectivity index (χ0n) is 12.1. The fourth-order valence-corrected chi connectivity index (χ4v) is 2.04. The number of nitrogens with one attached hydrogen (secondary N) is 1. The summed E-state index contributed by atoms with van der Waals surface area (Å²) in [7, 11) is 0. The third-order valence-corrected chi connectivity index (χ3v) is 3.36. The number of halogens is 2. The zero-order valence-corrected chi connectivity index (χ0v) is 12.1. The summed E-state index contributed by atoms with van der Waals surface area (Å²) < 4.78 is 32.3. The van der Waals surface area contributed by atoms with E-state index < -0.39 is 11.6 Å². The molecule has 112 valence electrons. The highest BCUT2D eigenvalue weighted by Crippen LogP contribution is 2.16. The van der Waals surface area contributed by atoms with Crippen LogP contribution in [-0.4, -0.2) is 11.1 Å². The van der Waals surface area contributed by atoms with Gasteiger partial charge in [-0.05, 0) is 32.4 Å². The standard InChI is InChI=1S/C15H16F2N2O2/c1-8-4-5-13(16)12(15(8)17)7-18-14(20)6-11-9(2)19-21-10(11)3/h4-5H,6-7H2,1-3H3,(H,18,20). The van der Waals surface area contributed by atoms with Gasteiger partial charge in [0.15, 0.2) is 0 Å². The van der Waals surface area contributed by atoms with Crippen molar-refractivity contribution in [3.8, 4) is 0 Å². The summed E-state index contributed by atoms with van der Waals surface area (Å²) in [4.78, 5) is 11.9. The average Bonchev–Trinajstić information content (AvgIpc) is 2.75. The van der Waals surface area contributed by atoms with E-state index >= 15 is 0 Å². The Morgan fingerprint density at radius 3 is 2.57 bits per heavy atom. The van der Waals surface area contributed by atoms with Crippen molar-refractivity contribution in [1.82, 2.24) is 10.5 Å². The second-order valence-electron chi connectivity index (χ2n) is 4.91. The van der Waals surface area contributed by atoms with Crippen LogP contribution in [0.2, 0.25) is 0 Å². The monoisotopic (exact) mass is 294 g/mol. The third-order valence-electron chi connectivity index (χ3n) is 3.36. The number of carbonyl (C=O) groups excluding carboxylic acids is 1. The Hall–Kier alpha value is -2.24. The lowest BCUT2D eigenvalue weighted by atomic mass is 10.1. The van der Waals surface area contributed by atoms with Crippen molar-refractivity contribution >= 4 is 5.91 Å². The molecule has 0 radical (unpaired) electrons. The molecule has 0 aliphatic rings. The molecule has 2 rings (SSSR count). The number of hydrogen-bond donors (Lipinski definition) is 1. The molecule has 1 amide bonds. The van der Waals surface area contributed by atoms with Crippen molar-refractivity contribution < 1.29 is 18.1 Å². The minimum atomic E-state index is -0.671. The summed E-state index contributed by atoms with van der Waals surface area (Å²) >= 11 is 0. The second-order valence-corrected chi connectivity index (χ2v) is 4.91. The maximum Gasteiger partial charge on any atom is 0.224 e. The first-order chi connectivity index (χ1) is 9.90. The first kappa shape index (κ1) is 15.2. The van der Waals surface area contributed by atoms with Gasteiger partial charge in [-0.3, -0.25) is 4.79 Å². The largest absolute Gasteiger partial charge is 0.361 e. The molecular weight excluding hydrogens is 278 g/mol. The van der Waals surface area contributed by atoms with Crippen LogP contribution in [0, 0.1) is 32.4 Å². The van der Waals surface area contributed by atoms with Crippen molar-refractivity contribution in [1.29, 1.82) is 0 Å². The summed E-state index contributed by atoms with van der Waals surface area (Å²) in [6.45, 7) is 4.80. The van der Waals surface area contributed by atoms with E-state index in [-0.39, 0.29) is 24.4 Å². The number of carbonyl (C=O) groups is 1. The lowest BCUT2D eigenvalue weighted by Gasteiger charge is -2.09. The number of amides is 1. The van der Waals surface area contributed by atoms with Crippen LogP contribution in [0.15, 0.2) is 16.7 Å². The quantitative estimate of drug-likeness (QED) is 0.943. The van der Waals surface area contributed by atoms with Crippen LogP contribution in [-0.2, 0) is 17.8 Å². The molecule has 0 fully saturated rings. The molecule has 2 aromatic rings. The molecule has 1 heterocycles. The van der Waals surface area contributed by atoms with E-state index in [1.807, 2.05) is 0 Å². The van der Waals surface area contributed by atoms with Gasteiger partial charge in [0, 0.05) is 17.7 Å². The van der Waals surface area contributed by atoms with Gasteiger partial charge in [0.1, 0.15) is 17.4 Å². The molecule has 0 bridgehead atoms. The van der Waals surface area contributed by atoms with Crippen LogP contribution < -0.4 is 5.32 Å². The van der Waals surface area contributed by atoms with Gasteiger partial charge in [0.05, 0.1) is 12.1 Å². The number of rotatable bonds is 4. The molecule has 21 heavy (non-hydrogen) atoms. The minimum absolute atomic E-state index is 0.0657. The highest BCUT2D eigenvalue weighted by atomic mass is 19.1. The van der Waals surface area contributed by atoms with Crippen LogP contribution in [0.5, 0.6) is 0 Å². The Kier molecular flexibility index (Phi) is 4.35. The molecule has 0 unspecified atom stereocenters. The SMILES string of the molecule is Cc1ccc(F)c(CNC(=O)Cc2c(C)noc2C)c1F. The minimum Gasteiger partial charge on any atom is -0.361 e. The van der Waals surface area contributed by atoms with Gasteiger partial charge in [-0.1, -0.05) is 11.2 Å². The molecule has 4 nitrogen and oxygen atoms in total. The maximum absolute atomic E-state index is 13.8. The highest BCUT2D eigenvalue weighted by Gasteiger charge is 2.15. The van der Waals surface area contributed by atoms with Crippen LogP contribution in [0.1, 0.15) is 28.1 Å². The van der Waals surface area contributed by atoms with Crippen molar-refractivity contribution in [2.45, 2.75) is 33.7 Å². The molecule has 0 saturated carbocycles. The van der Waals surface area contributed by atoms with E-state index in [1.165, 1.54) is 12.1 Å². The summed E-state index contributed by atoms with van der Waals surface area (Å²) in [6, 6.07) is 2.55. The first-order valence-electron chi connectivity index (χ1n) is 6.52. The fraction of sp³-hybridized carbons (Fsp3) is 0.333. The average molecular weight is 294 g/mol. The van der Waals surface area contributed by atoms with Gasteiger partial charge in [-0.15, -0.1) is 0 Å².